The van der Waals surface area contributed by atoms with Gasteiger partial charge in [0.1, 0.15) is 5.75 Å². The van der Waals surface area contributed by atoms with Gasteiger partial charge in [-0.05, 0) is 56.7 Å². The zero-order chi connectivity index (χ0) is 18.5. The van der Waals surface area contributed by atoms with Crippen molar-refractivity contribution in [3.05, 3.63) is 23.8 Å². The van der Waals surface area contributed by atoms with Crippen LogP contribution in [0.2, 0.25) is 0 Å². The van der Waals surface area contributed by atoms with Crippen molar-refractivity contribution in [3.63, 3.8) is 0 Å². The number of nitrogens with zero attached hydrogens (tertiary/aromatic N) is 1. The number of anilines is 1. The minimum absolute atomic E-state index is 0.142. The molecule has 26 heavy (non-hydrogen) atoms. The van der Waals surface area contributed by atoms with E-state index in [2.05, 4.69) is 15.5 Å². The van der Waals surface area contributed by atoms with Crippen LogP contribution >= 0.6 is 0 Å². The fourth-order valence-electron chi connectivity index (χ4n) is 4.20. The van der Waals surface area contributed by atoms with Crippen LogP contribution in [0.4, 0.5) is 5.69 Å². The maximum absolute atomic E-state index is 12.4. The summed E-state index contributed by atoms with van der Waals surface area (Å²) in [6.45, 7) is 4.53. The molecule has 2 atom stereocenters. The molecule has 0 unspecified atom stereocenters. The lowest BCUT2D eigenvalue weighted by Gasteiger charge is -2.26. The van der Waals surface area contributed by atoms with Crippen LogP contribution in [0.3, 0.4) is 0 Å². The molecule has 1 aliphatic heterocycles. The van der Waals surface area contributed by atoms with E-state index in [0.717, 1.165) is 31.3 Å². The number of carbonyl (C=O) groups is 2. The van der Waals surface area contributed by atoms with Crippen molar-refractivity contribution in [3.8, 4) is 5.75 Å². The highest BCUT2D eigenvalue weighted by atomic mass is 16.5. The highest BCUT2D eigenvalue weighted by Gasteiger charge is 2.36. The van der Waals surface area contributed by atoms with Crippen molar-refractivity contribution in [2.45, 2.75) is 45.1 Å². The van der Waals surface area contributed by atoms with Crippen molar-refractivity contribution in [1.29, 1.82) is 0 Å². The molecule has 6 heteroatoms. The Kier molecular flexibility index (Phi) is 6.14. The molecule has 1 aromatic carbocycles. The number of rotatable bonds is 8. The van der Waals surface area contributed by atoms with E-state index in [4.69, 9.17) is 4.74 Å². The number of likely N-dealkylation sites (tertiary alicyclic amines) is 1. The van der Waals surface area contributed by atoms with Crippen LogP contribution in [-0.2, 0) is 4.79 Å². The topological polar surface area (TPSA) is 70.7 Å². The predicted octanol–water partition coefficient (Wildman–Crippen LogP) is 2.65. The van der Waals surface area contributed by atoms with E-state index in [9.17, 15) is 9.59 Å². The molecule has 3 rings (SSSR count). The number of carbonyl (C=O) groups excluding carboxylic acids is 2. The third-order valence-electron chi connectivity index (χ3n) is 5.45. The van der Waals surface area contributed by atoms with Crippen LogP contribution in [0.1, 0.15) is 49.4 Å². The molecule has 2 amide bonds. The Labute approximate surface area is 155 Å². The van der Waals surface area contributed by atoms with Crippen molar-refractivity contribution >= 4 is 17.5 Å². The number of hydrogen-bond acceptors (Lipinski definition) is 4. The first-order valence-electron chi connectivity index (χ1n) is 9.54. The molecule has 2 fully saturated rings. The van der Waals surface area contributed by atoms with E-state index in [-0.39, 0.29) is 11.8 Å². The molecule has 0 radical (unpaired) electrons. The summed E-state index contributed by atoms with van der Waals surface area (Å²) in [5.41, 5.74) is 1.10. The van der Waals surface area contributed by atoms with Gasteiger partial charge in [0, 0.05) is 37.8 Å². The van der Waals surface area contributed by atoms with Gasteiger partial charge in [-0.15, -0.1) is 0 Å². The Morgan fingerprint density at radius 1 is 1.27 bits per heavy atom. The summed E-state index contributed by atoms with van der Waals surface area (Å²) in [6.07, 6.45) is 6.27. The third kappa shape index (κ3) is 4.55. The van der Waals surface area contributed by atoms with Crippen molar-refractivity contribution in [1.82, 2.24) is 10.2 Å². The first-order chi connectivity index (χ1) is 12.6. The molecule has 1 saturated heterocycles. The summed E-state index contributed by atoms with van der Waals surface area (Å²) >= 11 is 0. The summed E-state index contributed by atoms with van der Waals surface area (Å²) in [4.78, 5) is 26.2. The molecule has 6 nitrogen and oxygen atoms in total. The molecule has 2 bridgehead atoms. The monoisotopic (exact) mass is 359 g/mol. The maximum atomic E-state index is 12.4. The molecule has 1 aromatic rings. The zero-order valence-electron chi connectivity index (χ0n) is 15.7. The highest BCUT2D eigenvalue weighted by Crippen LogP contribution is 2.37. The van der Waals surface area contributed by atoms with E-state index in [0.29, 0.717) is 23.5 Å². The lowest BCUT2D eigenvalue weighted by Crippen LogP contribution is -2.33. The van der Waals surface area contributed by atoms with Gasteiger partial charge < -0.3 is 20.3 Å². The van der Waals surface area contributed by atoms with Gasteiger partial charge in [-0.1, -0.05) is 0 Å². The van der Waals surface area contributed by atoms with Crippen molar-refractivity contribution in [2.24, 2.45) is 5.92 Å². The number of nitrogens with one attached hydrogen (secondary N) is 2. The maximum Gasteiger partial charge on any atom is 0.255 e. The Balaban J connectivity index is 1.42. The van der Waals surface area contributed by atoms with E-state index >= 15 is 0 Å². The van der Waals surface area contributed by atoms with Gasteiger partial charge in [-0.2, -0.15) is 0 Å². The standard InChI is InChI=1S/C20H29N3O3/c1-14(24)22-16-6-8-18(19(12-16)26-2)20(25)21-9-3-4-10-23-13-15-5-7-17(23)11-15/h6,8,12,15,17H,3-5,7,9-11,13H2,1-2H3,(H,21,25)(H,22,24)/t15-,17+/m1/s1. The number of hydrogen-bond donors (Lipinski definition) is 2. The lowest BCUT2D eigenvalue weighted by atomic mass is 10.1. The average Bonchev–Trinajstić information content (AvgIpc) is 3.23. The van der Waals surface area contributed by atoms with Crippen LogP contribution < -0.4 is 15.4 Å². The minimum atomic E-state index is -0.157. The second kappa shape index (κ2) is 8.54. The fourth-order valence-corrected chi connectivity index (χ4v) is 4.20. The van der Waals surface area contributed by atoms with E-state index in [1.165, 1.54) is 39.8 Å². The number of amides is 2. The van der Waals surface area contributed by atoms with Gasteiger partial charge in [0.15, 0.2) is 0 Å². The molecular formula is C20H29N3O3. The molecule has 2 aliphatic rings. The number of ether oxygens (including phenoxy) is 1. The summed E-state index contributed by atoms with van der Waals surface area (Å²) in [5, 5.41) is 5.66. The summed E-state index contributed by atoms with van der Waals surface area (Å²) in [7, 11) is 1.52. The summed E-state index contributed by atoms with van der Waals surface area (Å²) in [6, 6.07) is 5.88. The molecule has 1 saturated carbocycles. The highest BCUT2D eigenvalue weighted by molar-refractivity contribution is 5.98. The second-order valence-corrected chi connectivity index (χ2v) is 7.39. The smallest absolute Gasteiger partial charge is 0.255 e. The van der Waals surface area contributed by atoms with Gasteiger partial charge in [0.2, 0.25) is 5.91 Å². The molecule has 1 heterocycles. The fraction of sp³-hybridized carbons (Fsp3) is 0.600. The quantitative estimate of drug-likeness (QED) is 0.700. The van der Waals surface area contributed by atoms with Crippen molar-refractivity contribution in [2.75, 3.05) is 32.1 Å². The predicted molar refractivity (Wildman–Crippen MR) is 102 cm³/mol. The lowest BCUT2D eigenvalue weighted by molar-refractivity contribution is -0.114. The number of methoxy groups -OCH3 is 1. The second-order valence-electron chi connectivity index (χ2n) is 7.39. The molecule has 142 valence electrons. The van der Waals surface area contributed by atoms with E-state index in [1.807, 2.05) is 0 Å². The Morgan fingerprint density at radius 3 is 2.77 bits per heavy atom. The Bertz CT molecular complexity index is 662. The molecule has 1 aliphatic carbocycles. The average molecular weight is 359 g/mol. The van der Waals surface area contributed by atoms with Crippen LogP contribution in [-0.4, -0.2) is 49.5 Å². The Morgan fingerprint density at radius 2 is 2.12 bits per heavy atom. The van der Waals surface area contributed by atoms with Gasteiger partial charge in [0.05, 0.1) is 12.7 Å². The largest absolute Gasteiger partial charge is 0.496 e. The summed E-state index contributed by atoms with van der Waals surface area (Å²) < 4.78 is 5.29. The van der Waals surface area contributed by atoms with Gasteiger partial charge in [0.25, 0.3) is 5.91 Å². The molecular weight excluding hydrogens is 330 g/mol. The van der Waals surface area contributed by atoms with Crippen LogP contribution in [0.5, 0.6) is 5.75 Å². The van der Waals surface area contributed by atoms with Gasteiger partial charge in [-0.25, -0.2) is 0 Å². The minimum Gasteiger partial charge on any atom is -0.496 e. The van der Waals surface area contributed by atoms with Crippen LogP contribution in [0.15, 0.2) is 18.2 Å². The van der Waals surface area contributed by atoms with Gasteiger partial charge >= 0.3 is 0 Å². The number of fused-ring (bicyclic) bond motifs is 2. The molecule has 0 aromatic heterocycles. The Hall–Kier alpha value is -2.08. The third-order valence-corrected chi connectivity index (χ3v) is 5.45. The van der Waals surface area contributed by atoms with Crippen molar-refractivity contribution < 1.29 is 14.3 Å². The van der Waals surface area contributed by atoms with Crippen LogP contribution in [0.25, 0.3) is 0 Å². The first-order valence-corrected chi connectivity index (χ1v) is 9.54. The van der Waals surface area contributed by atoms with Crippen LogP contribution in [0, 0.1) is 5.92 Å². The number of benzene rings is 1. The number of piperidine rings is 1. The first kappa shape index (κ1) is 18.7. The SMILES string of the molecule is COc1cc(NC(C)=O)ccc1C(=O)NCCCCN1C[C@@H]2CC[C@H]1C2. The van der Waals surface area contributed by atoms with Gasteiger partial charge in [-0.3, -0.25) is 9.59 Å². The van der Waals surface area contributed by atoms with E-state index < -0.39 is 0 Å². The normalized spacial score (nSPS) is 21.6. The summed E-state index contributed by atoms with van der Waals surface area (Å²) in [5.74, 6) is 1.10. The number of unbranched alkanes of at least 4 members (excludes halogenated alkanes) is 1. The molecule has 2 N–H and O–H groups in total. The van der Waals surface area contributed by atoms with E-state index in [1.54, 1.807) is 18.2 Å². The molecule has 0 spiro atoms. The zero-order valence-corrected chi connectivity index (χ0v) is 15.7.